The van der Waals surface area contributed by atoms with Crippen molar-refractivity contribution in [3.8, 4) is 22.8 Å². The Hall–Kier alpha value is -3.40. The minimum atomic E-state index is -0.925. The van der Waals surface area contributed by atoms with Crippen molar-refractivity contribution < 1.29 is 23.8 Å². The topological polar surface area (TPSA) is 126 Å². The van der Waals surface area contributed by atoms with Gasteiger partial charge in [0.1, 0.15) is 23.5 Å². The highest BCUT2D eigenvalue weighted by Gasteiger charge is 2.31. The quantitative estimate of drug-likeness (QED) is 0.417. The standard InChI is InChI=1S/C25H32N4O5S/c1-15(2)12-25(6,29-23(31)34-24(3,4)5)13-32-18-8-7-17(21-20(18)28-14-35-21)16-9-10-27-19(11-16)33-22(26)30/h7-11,14-15H,12-13H2,1-6H3,(H2,26,30)(H,29,31). The van der Waals surface area contributed by atoms with E-state index in [4.69, 9.17) is 19.9 Å². The minimum absolute atomic E-state index is 0.116. The number of hydrogen-bond donors (Lipinski definition) is 2. The van der Waals surface area contributed by atoms with Gasteiger partial charge in [0.05, 0.1) is 15.7 Å². The Bertz CT molecular complexity index is 1200. The first-order chi connectivity index (χ1) is 16.3. The lowest BCUT2D eigenvalue weighted by Gasteiger charge is -2.33. The molecule has 3 rings (SSSR count). The van der Waals surface area contributed by atoms with Gasteiger partial charge in [-0.05, 0) is 63.8 Å². The number of carbonyl (C=O) groups excluding carboxylic acids is 2. The van der Waals surface area contributed by atoms with Crippen LogP contribution < -0.4 is 20.5 Å². The van der Waals surface area contributed by atoms with Crippen molar-refractivity contribution in [1.29, 1.82) is 0 Å². The summed E-state index contributed by atoms with van der Waals surface area (Å²) in [6, 6.07) is 7.22. The van der Waals surface area contributed by atoms with Crippen LogP contribution in [-0.4, -0.2) is 39.9 Å². The van der Waals surface area contributed by atoms with E-state index in [-0.39, 0.29) is 12.5 Å². The van der Waals surface area contributed by atoms with Crippen molar-refractivity contribution in [1.82, 2.24) is 15.3 Å². The number of nitrogens with one attached hydrogen (secondary N) is 1. The van der Waals surface area contributed by atoms with Gasteiger partial charge in [0.25, 0.3) is 0 Å². The summed E-state index contributed by atoms with van der Waals surface area (Å²) in [5.41, 5.74) is 8.00. The third kappa shape index (κ3) is 7.29. The number of pyridine rings is 1. The van der Waals surface area contributed by atoms with Crippen LogP contribution in [0, 0.1) is 5.92 Å². The summed E-state index contributed by atoms with van der Waals surface area (Å²) < 4.78 is 17.5. The summed E-state index contributed by atoms with van der Waals surface area (Å²) >= 11 is 1.47. The van der Waals surface area contributed by atoms with E-state index in [0.717, 1.165) is 15.8 Å². The second kappa shape index (κ2) is 10.5. The second-order valence-electron chi connectivity index (χ2n) is 10.0. The van der Waals surface area contributed by atoms with Gasteiger partial charge in [0, 0.05) is 17.8 Å². The van der Waals surface area contributed by atoms with Crippen molar-refractivity contribution >= 4 is 33.7 Å². The lowest BCUT2D eigenvalue weighted by Crippen LogP contribution is -2.52. The summed E-state index contributed by atoms with van der Waals surface area (Å²) in [6.07, 6.45) is 0.838. The predicted octanol–water partition coefficient (Wildman–Crippen LogP) is 5.52. The van der Waals surface area contributed by atoms with Gasteiger partial charge in [0.15, 0.2) is 0 Å². The summed E-state index contributed by atoms with van der Waals surface area (Å²) in [6.45, 7) is 11.9. The molecule has 0 aliphatic heterocycles. The zero-order valence-corrected chi connectivity index (χ0v) is 21.7. The van der Waals surface area contributed by atoms with Crippen LogP contribution in [0.5, 0.6) is 11.6 Å². The molecule has 10 heteroatoms. The monoisotopic (exact) mass is 500 g/mol. The van der Waals surface area contributed by atoms with E-state index in [2.05, 4.69) is 29.1 Å². The molecule has 9 nitrogen and oxygen atoms in total. The number of rotatable bonds is 8. The van der Waals surface area contributed by atoms with Gasteiger partial charge in [-0.2, -0.15) is 0 Å². The molecule has 0 saturated carbocycles. The van der Waals surface area contributed by atoms with Crippen molar-refractivity contribution in [2.75, 3.05) is 6.61 Å². The molecule has 2 heterocycles. The fourth-order valence-corrected chi connectivity index (χ4v) is 4.68. The molecule has 35 heavy (non-hydrogen) atoms. The zero-order valence-electron chi connectivity index (χ0n) is 20.9. The van der Waals surface area contributed by atoms with Gasteiger partial charge in [-0.25, -0.2) is 19.6 Å². The molecule has 3 N–H and O–H groups in total. The van der Waals surface area contributed by atoms with Crippen LogP contribution in [0.25, 0.3) is 21.3 Å². The first kappa shape index (κ1) is 26.2. The fraction of sp³-hybridized carbons (Fsp3) is 0.440. The molecule has 1 aromatic carbocycles. The number of nitrogens with zero attached hydrogens (tertiary/aromatic N) is 2. The van der Waals surface area contributed by atoms with Gasteiger partial charge < -0.3 is 25.3 Å². The van der Waals surface area contributed by atoms with Crippen molar-refractivity contribution in [3.05, 3.63) is 36.0 Å². The maximum atomic E-state index is 12.5. The third-order valence-corrected chi connectivity index (χ3v) is 5.77. The second-order valence-corrected chi connectivity index (χ2v) is 10.9. The Kier molecular flexibility index (Phi) is 7.84. The van der Waals surface area contributed by atoms with Crippen LogP contribution >= 0.6 is 11.3 Å². The molecule has 0 fully saturated rings. The number of benzene rings is 1. The molecule has 3 aromatic rings. The van der Waals surface area contributed by atoms with Crippen LogP contribution in [0.15, 0.2) is 36.0 Å². The van der Waals surface area contributed by atoms with Crippen LogP contribution in [0.4, 0.5) is 9.59 Å². The average molecular weight is 501 g/mol. The van der Waals surface area contributed by atoms with E-state index in [1.54, 1.807) is 17.8 Å². The van der Waals surface area contributed by atoms with Crippen LogP contribution in [0.2, 0.25) is 0 Å². The first-order valence-corrected chi connectivity index (χ1v) is 12.2. The Morgan fingerprint density at radius 3 is 2.54 bits per heavy atom. The molecule has 2 aromatic heterocycles. The van der Waals surface area contributed by atoms with E-state index < -0.39 is 23.3 Å². The number of fused-ring (bicyclic) bond motifs is 1. The van der Waals surface area contributed by atoms with Gasteiger partial charge in [-0.15, -0.1) is 11.3 Å². The van der Waals surface area contributed by atoms with Crippen molar-refractivity contribution in [3.63, 3.8) is 0 Å². The maximum Gasteiger partial charge on any atom is 0.411 e. The van der Waals surface area contributed by atoms with Gasteiger partial charge in [-0.1, -0.05) is 13.8 Å². The average Bonchev–Trinajstić information content (AvgIpc) is 3.19. The normalized spacial score (nSPS) is 13.3. The van der Waals surface area contributed by atoms with Gasteiger partial charge in [0.2, 0.25) is 5.88 Å². The molecule has 0 bridgehead atoms. The summed E-state index contributed by atoms with van der Waals surface area (Å²) in [4.78, 5) is 32.1. The number of primary amides is 1. The lowest BCUT2D eigenvalue weighted by molar-refractivity contribution is 0.0408. The third-order valence-electron chi connectivity index (χ3n) is 4.91. The number of nitrogens with two attached hydrogens (primary N) is 1. The molecule has 2 amide bonds. The van der Waals surface area contributed by atoms with Crippen LogP contribution in [0.3, 0.4) is 0 Å². The molecular formula is C25H32N4O5S. The Morgan fingerprint density at radius 1 is 1.14 bits per heavy atom. The summed E-state index contributed by atoms with van der Waals surface area (Å²) in [7, 11) is 0. The Labute approximate surface area is 209 Å². The molecule has 0 aliphatic carbocycles. The minimum Gasteiger partial charge on any atom is -0.489 e. The number of hydrogen-bond acceptors (Lipinski definition) is 8. The number of aromatic nitrogens is 2. The molecular weight excluding hydrogens is 468 g/mol. The van der Waals surface area contributed by atoms with E-state index in [1.165, 1.54) is 11.3 Å². The highest BCUT2D eigenvalue weighted by Crippen LogP contribution is 2.37. The lowest BCUT2D eigenvalue weighted by atomic mass is 9.91. The SMILES string of the molecule is CC(C)CC(C)(COc1ccc(-c2ccnc(OC(N)=O)c2)c2scnc12)NC(=O)OC(C)(C)C. The summed E-state index contributed by atoms with van der Waals surface area (Å²) in [5.74, 6) is 1.04. The number of alkyl carbamates (subject to hydrolysis) is 1. The molecule has 0 saturated heterocycles. The van der Waals surface area contributed by atoms with Gasteiger partial charge >= 0.3 is 12.2 Å². The number of carbonyl (C=O) groups is 2. The molecule has 1 unspecified atom stereocenters. The maximum absolute atomic E-state index is 12.5. The highest BCUT2D eigenvalue weighted by atomic mass is 32.1. The molecule has 1 atom stereocenters. The fourth-order valence-electron chi connectivity index (χ4n) is 3.84. The van der Waals surface area contributed by atoms with Crippen molar-refractivity contribution in [2.24, 2.45) is 11.7 Å². The Morgan fingerprint density at radius 2 is 1.89 bits per heavy atom. The smallest absolute Gasteiger partial charge is 0.411 e. The molecule has 0 radical (unpaired) electrons. The zero-order chi connectivity index (χ0) is 25.8. The van der Waals surface area contributed by atoms with E-state index in [9.17, 15) is 9.59 Å². The van der Waals surface area contributed by atoms with Gasteiger partial charge in [-0.3, -0.25) is 0 Å². The molecule has 188 valence electrons. The van der Waals surface area contributed by atoms with E-state index >= 15 is 0 Å². The summed E-state index contributed by atoms with van der Waals surface area (Å²) in [5, 5.41) is 2.99. The first-order valence-electron chi connectivity index (χ1n) is 11.3. The number of thiazole rings is 1. The van der Waals surface area contributed by atoms with E-state index in [0.29, 0.717) is 23.6 Å². The van der Waals surface area contributed by atoms with E-state index in [1.807, 2.05) is 45.9 Å². The molecule has 0 aliphatic rings. The van der Waals surface area contributed by atoms with Crippen LogP contribution in [-0.2, 0) is 4.74 Å². The number of ether oxygens (including phenoxy) is 3. The van der Waals surface area contributed by atoms with Crippen LogP contribution in [0.1, 0.15) is 48.0 Å². The van der Waals surface area contributed by atoms with Crippen molar-refractivity contribution in [2.45, 2.75) is 59.1 Å². The largest absolute Gasteiger partial charge is 0.489 e. The number of amides is 2. The molecule has 0 spiro atoms. The predicted molar refractivity (Wildman–Crippen MR) is 136 cm³/mol. The Balaban J connectivity index is 1.85. The highest BCUT2D eigenvalue weighted by molar-refractivity contribution is 7.17.